The smallest absolute Gasteiger partial charge is 0.480 e. The van der Waals surface area contributed by atoms with E-state index in [1.165, 1.54) is 0 Å². The predicted molar refractivity (Wildman–Crippen MR) is 30.7 cm³/mol. The summed E-state index contributed by atoms with van der Waals surface area (Å²) in [5, 5.41) is 13.9. The van der Waals surface area contributed by atoms with Gasteiger partial charge in [0.05, 0.1) is 0 Å². The van der Waals surface area contributed by atoms with E-state index >= 15 is 0 Å². The Hall–Kier alpha value is 0.801. The number of halogens is 1. The molecule has 4 nitrogen and oxygen atoms in total. The van der Waals surface area contributed by atoms with Crippen LogP contribution in [0.2, 0.25) is 0 Å². The number of alkyl halides is 1. The normalized spacial score (nSPS) is 8.22. The van der Waals surface area contributed by atoms with Gasteiger partial charge in [0.2, 0.25) is 5.38 Å². The molecule has 0 aliphatic carbocycles. The molecule has 0 saturated carbocycles. The van der Waals surface area contributed by atoms with Gasteiger partial charge >= 0.3 is 60.8 Å². The molecule has 0 fully saturated rings. The van der Waals surface area contributed by atoms with Gasteiger partial charge in [0.25, 0.3) is 0 Å². The summed E-state index contributed by atoms with van der Waals surface area (Å²) < 4.78 is 0. The van der Waals surface area contributed by atoms with Gasteiger partial charge in [-0.15, -0.1) is 0 Å². The maximum Gasteiger partial charge on any atom is 2.00 e. The topological polar surface area (TPSA) is 74.6 Å². The summed E-state index contributed by atoms with van der Waals surface area (Å²) in [6, 6.07) is 0. The van der Waals surface area contributed by atoms with E-state index in [4.69, 9.17) is 21.8 Å². The predicted octanol–water partition coefficient (Wildman–Crippen LogP) is -0.618. The van der Waals surface area contributed by atoms with Gasteiger partial charge in [-0.2, -0.15) is 0 Å². The molecule has 0 heterocycles. The van der Waals surface area contributed by atoms with Crippen molar-refractivity contribution >= 4 is 72.4 Å². The Bertz CT molecular complexity index is 111. The van der Waals surface area contributed by atoms with E-state index in [1.54, 1.807) is 0 Å². The molecular weight excluding hydrogens is 273 g/mol. The largest absolute Gasteiger partial charge is 2.00 e. The molecular formula is C3H3BaClO4+2. The molecule has 2 N–H and O–H groups in total. The summed E-state index contributed by atoms with van der Waals surface area (Å²) in [5.41, 5.74) is 0. The summed E-state index contributed by atoms with van der Waals surface area (Å²) >= 11 is 4.75. The monoisotopic (exact) mass is 276 g/mol. The number of carboxylic acid groups (broad SMARTS) is 2. The molecule has 0 aromatic heterocycles. The number of hydrogen-bond donors (Lipinski definition) is 2. The zero-order valence-corrected chi connectivity index (χ0v) is 9.57. The second kappa shape index (κ2) is 5.58. The molecule has 0 rings (SSSR count). The molecule has 0 spiro atoms. The Kier molecular flexibility index (Phi) is 7.73. The van der Waals surface area contributed by atoms with Crippen LogP contribution in [-0.2, 0) is 9.59 Å². The molecule has 0 aliphatic rings. The maximum atomic E-state index is 9.63. The first-order valence-corrected chi connectivity index (χ1v) is 2.09. The number of carboxylic acids is 2. The fraction of sp³-hybridized carbons (Fsp3) is 0.333. The molecule has 9 heavy (non-hydrogen) atoms. The van der Waals surface area contributed by atoms with Gasteiger partial charge in [0, 0.05) is 0 Å². The molecule has 0 aromatic carbocycles. The molecule has 0 unspecified atom stereocenters. The van der Waals surface area contributed by atoms with Gasteiger partial charge in [-0.3, -0.25) is 0 Å². The maximum absolute atomic E-state index is 9.63. The zero-order chi connectivity index (χ0) is 6.73. The second-order valence-electron chi connectivity index (χ2n) is 1.04. The summed E-state index contributed by atoms with van der Waals surface area (Å²) in [6.45, 7) is 0. The van der Waals surface area contributed by atoms with E-state index in [2.05, 4.69) is 0 Å². The molecule has 46 valence electrons. The third-order valence-electron chi connectivity index (χ3n) is 0.434. The van der Waals surface area contributed by atoms with E-state index in [0.29, 0.717) is 0 Å². The van der Waals surface area contributed by atoms with Crippen molar-refractivity contribution in [1.29, 1.82) is 0 Å². The van der Waals surface area contributed by atoms with Crippen molar-refractivity contribution in [2.24, 2.45) is 0 Å². The minimum Gasteiger partial charge on any atom is -0.480 e. The minimum absolute atomic E-state index is 0. The summed E-state index contributed by atoms with van der Waals surface area (Å²) in [6.07, 6.45) is 0. The fourth-order valence-electron chi connectivity index (χ4n) is 0.106. The SMILES string of the molecule is O=C(O)C(Cl)C(=O)O.[Ba+2]. The Morgan fingerprint density at radius 3 is 1.44 bits per heavy atom. The number of rotatable bonds is 2. The van der Waals surface area contributed by atoms with Gasteiger partial charge in [0.1, 0.15) is 0 Å². The molecule has 0 aromatic rings. The Balaban J connectivity index is 0. The molecule has 0 aliphatic heterocycles. The van der Waals surface area contributed by atoms with Crippen LogP contribution in [0.4, 0.5) is 0 Å². The van der Waals surface area contributed by atoms with Crippen molar-refractivity contribution in [2.75, 3.05) is 0 Å². The van der Waals surface area contributed by atoms with Crippen LogP contribution in [0, 0.1) is 0 Å². The average Bonchev–Trinajstić information content (AvgIpc) is 1.64. The van der Waals surface area contributed by atoms with Crippen LogP contribution in [0.3, 0.4) is 0 Å². The summed E-state index contributed by atoms with van der Waals surface area (Å²) in [7, 11) is 0. The van der Waals surface area contributed by atoms with E-state index in [9.17, 15) is 9.59 Å². The van der Waals surface area contributed by atoms with Crippen molar-refractivity contribution in [3.8, 4) is 0 Å². The first-order chi connectivity index (χ1) is 3.55. The first-order valence-electron chi connectivity index (χ1n) is 1.65. The van der Waals surface area contributed by atoms with Crippen molar-refractivity contribution in [3.05, 3.63) is 0 Å². The fourth-order valence-corrected chi connectivity index (χ4v) is 0.106. The summed E-state index contributed by atoms with van der Waals surface area (Å²) in [5.74, 6) is -3.08. The minimum atomic E-state index is -1.82. The van der Waals surface area contributed by atoms with Crippen LogP contribution in [0.15, 0.2) is 0 Å². The van der Waals surface area contributed by atoms with Crippen LogP contribution in [0.5, 0.6) is 0 Å². The quantitative estimate of drug-likeness (QED) is 0.400. The van der Waals surface area contributed by atoms with Crippen LogP contribution < -0.4 is 0 Å². The van der Waals surface area contributed by atoms with Crippen LogP contribution in [0.1, 0.15) is 0 Å². The number of carbonyl (C=O) groups is 2. The molecule has 0 atom stereocenters. The van der Waals surface area contributed by atoms with Crippen molar-refractivity contribution < 1.29 is 19.8 Å². The third kappa shape index (κ3) is 5.26. The zero-order valence-electron chi connectivity index (χ0n) is 4.37. The van der Waals surface area contributed by atoms with Gasteiger partial charge < -0.3 is 10.2 Å². The van der Waals surface area contributed by atoms with Crippen molar-refractivity contribution in [2.45, 2.75) is 5.38 Å². The number of hydrogen-bond acceptors (Lipinski definition) is 2. The Morgan fingerprint density at radius 1 is 1.22 bits per heavy atom. The molecule has 0 amide bonds. The van der Waals surface area contributed by atoms with Gasteiger partial charge in [-0.1, -0.05) is 11.6 Å². The van der Waals surface area contributed by atoms with E-state index in [0.717, 1.165) is 0 Å². The standard InChI is InChI=1S/C3H3ClO4.Ba/c4-1(2(5)6)3(7)8;/h1H,(H,5,6)(H,7,8);/q;+2. The van der Waals surface area contributed by atoms with Gasteiger partial charge in [-0.25, -0.2) is 9.59 Å². The van der Waals surface area contributed by atoms with Gasteiger partial charge in [-0.05, 0) is 0 Å². The molecule has 6 heteroatoms. The van der Waals surface area contributed by atoms with Crippen LogP contribution in [-0.4, -0.2) is 76.4 Å². The van der Waals surface area contributed by atoms with Crippen LogP contribution >= 0.6 is 11.6 Å². The number of aliphatic carboxylic acids is 2. The van der Waals surface area contributed by atoms with Gasteiger partial charge in [0.15, 0.2) is 0 Å². The Morgan fingerprint density at radius 2 is 1.44 bits per heavy atom. The molecule has 0 saturated heterocycles. The van der Waals surface area contributed by atoms with E-state index in [-0.39, 0.29) is 48.9 Å². The Labute approximate surface area is 96.3 Å². The third-order valence-corrected chi connectivity index (χ3v) is 0.807. The summed E-state index contributed by atoms with van der Waals surface area (Å²) in [4.78, 5) is 19.3. The van der Waals surface area contributed by atoms with Crippen molar-refractivity contribution in [3.63, 3.8) is 0 Å². The molecule has 0 radical (unpaired) electrons. The first kappa shape index (κ1) is 12.5. The van der Waals surface area contributed by atoms with Crippen LogP contribution in [0.25, 0.3) is 0 Å². The van der Waals surface area contributed by atoms with E-state index in [1.807, 2.05) is 0 Å². The average molecular weight is 276 g/mol. The van der Waals surface area contributed by atoms with Crippen molar-refractivity contribution in [1.82, 2.24) is 0 Å². The van der Waals surface area contributed by atoms with E-state index < -0.39 is 17.3 Å². The second-order valence-corrected chi connectivity index (χ2v) is 1.48. The molecule has 0 bridgehead atoms.